The van der Waals surface area contributed by atoms with Gasteiger partial charge in [-0.1, -0.05) is 25.0 Å². The highest BCUT2D eigenvalue weighted by molar-refractivity contribution is 5.85. The zero-order chi connectivity index (χ0) is 21.9. The Labute approximate surface area is 179 Å². The van der Waals surface area contributed by atoms with Gasteiger partial charge in [0.15, 0.2) is 0 Å². The van der Waals surface area contributed by atoms with Crippen LogP contribution >= 0.6 is 0 Å². The van der Waals surface area contributed by atoms with Crippen LogP contribution in [0.3, 0.4) is 0 Å². The van der Waals surface area contributed by atoms with Crippen molar-refractivity contribution in [3.63, 3.8) is 0 Å². The molecule has 0 amide bonds. The molecule has 30 heavy (non-hydrogen) atoms. The highest BCUT2D eigenvalue weighted by Gasteiger charge is 2.69. The van der Waals surface area contributed by atoms with E-state index >= 15 is 0 Å². The van der Waals surface area contributed by atoms with Crippen molar-refractivity contribution in [2.45, 2.75) is 97.4 Å². The fourth-order valence-electron chi connectivity index (χ4n) is 7.29. The maximum Gasteiger partial charge on any atom is 0.331 e. The normalized spacial score (nSPS) is 45.7. The molecule has 0 radical (unpaired) electrons. The smallest absolute Gasteiger partial charge is 0.331 e. The predicted octanol–water partition coefficient (Wildman–Crippen LogP) is 4.48. The molecule has 0 aromatic heterocycles. The highest BCUT2D eigenvalue weighted by atomic mass is 16.6. The summed E-state index contributed by atoms with van der Waals surface area (Å²) in [5.74, 6) is -0.00966. The van der Waals surface area contributed by atoms with Crippen molar-refractivity contribution in [1.29, 1.82) is 0 Å². The van der Waals surface area contributed by atoms with E-state index in [0.717, 1.165) is 37.7 Å². The number of rotatable bonds is 5. The van der Waals surface area contributed by atoms with Gasteiger partial charge >= 0.3 is 11.9 Å². The second-order valence-electron chi connectivity index (χ2n) is 11.0. The second-order valence-corrected chi connectivity index (χ2v) is 11.0. The number of hydrogen-bond donors (Lipinski definition) is 1. The van der Waals surface area contributed by atoms with Crippen LogP contribution in [0.2, 0.25) is 0 Å². The molecule has 0 spiro atoms. The number of allylic oxidation sites excluding steroid dienone is 1. The topological polar surface area (TPSA) is 72.8 Å². The van der Waals surface area contributed by atoms with Crippen molar-refractivity contribution in [3.05, 3.63) is 23.3 Å². The molecule has 2 heterocycles. The minimum Gasteiger partial charge on any atom is -0.461 e. The SMILES string of the molecule is CC(=CCC1OC(=O)C=C1C)CCC1C(C)(O)CC2OC(=O)C3(C)CCCC1(C)C23. The molecule has 1 N–H and O–H groups in total. The van der Waals surface area contributed by atoms with Gasteiger partial charge in [-0.05, 0) is 70.3 Å². The molecule has 4 rings (SSSR count). The first-order chi connectivity index (χ1) is 14.0. The van der Waals surface area contributed by atoms with Crippen molar-refractivity contribution < 1.29 is 24.2 Å². The van der Waals surface area contributed by atoms with Gasteiger partial charge in [-0.25, -0.2) is 4.79 Å². The first-order valence-corrected chi connectivity index (χ1v) is 11.5. The Balaban J connectivity index is 1.49. The zero-order valence-electron chi connectivity index (χ0n) is 19.0. The summed E-state index contributed by atoms with van der Waals surface area (Å²) >= 11 is 0. The van der Waals surface area contributed by atoms with Gasteiger partial charge < -0.3 is 14.6 Å². The molecule has 0 bridgehead atoms. The van der Waals surface area contributed by atoms with Crippen LogP contribution < -0.4 is 0 Å². The van der Waals surface area contributed by atoms with E-state index in [0.29, 0.717) is 12.8 Å². The van der Waals surface area contributed by atoms with Crippen LogP contribution in [0.1, 0.15) is 79.6 Å². The van der Waals surface area contributed by atoms with Crippen molar-refractivity contribution in [2.24, 2.45) is 22.7 Å². The number of hydrogen-bond acceptors (Lipinski definition) is 5. The van der Waals surface area contributed by atoms with Crippen molar-refractivity contribution in [3.8, 4) is 0 Å². The molecular weight excluding hydrogens is 380 g/mol. The van der Waals surface area contributed by atoms with Gasteiger partial charge in [-0.2, -0.15) is 0 Å². The average molecular weight is 417 g/mol. The third-order valence-electron chi connectivity index (χ3n) is 8.69. The largest absolute Gasteiger partial charge is 0.461 e. The molecule has 166 valence electrons. The minimum atomic E-state index is -0.848. The van der Waals surface area contributed by atoms with Crippen LogP contribution in [0.15, 0.2) is 23.3 Å². The number of carbonyl (C=O) groups excluding carboxylic acids is 2. The summed E-state index contributed by atoms with van der Waals surface area (Å²) in [6, 6.07) is 0. The Bertz CT molecular complexity index is 808. The van der Waals surface area contributed by atoms with E-state index in [1.54, 1.807) is 6.08 Å². The molecule has 5 nitrogen and oxygen atoms in total. The molecular formula is C25H36O5. The summed E-state index contributed by atoms with van der Waals surface area (Å²) in [5, 5.41) is 11.4. The molecule has 7 atom stereocenters. The summed E-state index contributed by atoms with van der Waals surface area (Å²) in [6.07, 6.45) is 9.35. The lowest BCUT2D eigenvalue weighted by molar-refractivity contribution is -0.181. The molecule has 0 aromatic carbocycles. The lowest BCUT2D eigenvalue weighted by Gasteiger charge is -2.59. The van der Waals surface area contributed by atoms with Gasteiger partial charge in [-0.3, -0.25) is 4.79 Å². The fraction of sp³-hybridized carbons (Fsp3) is 0.760. The molecule has 1 saturated heterocycles. The van der Waals surface area contributed by atoms with Gasteiger partial charge in [0, 0.05) is 24.8 Å². The number of cyclic esters (lactones) is 1. The minimum absolute atomic E-state index is 0.0644. The fourth-order valence-corrected chi connectivity index (χ4v) is 7.29. The Morgan fingerprint density at radius 1 is 1.23 bits per heavy atom. The molecule has 2 saturated carbocycles. The van der Waals surface area contributed by atoms with Crippen LogP contribution in [0.5, 0.6) is 0 Å². The third-order valence-corrected chi connectivity index (χ3v) is 8.69. The van der Waals surface area contributed by atoms with E-state index in [-0.39, 0.29) is 41.4 Å². The van der Waals surface area contributed by atoms with Gasteiger partial charge in [0.25, 0.3) is 0 Å². The number of esters is 2. The standard InChI is InChI=1S/C25H36O5/c1-15(7-9-17-16(2)13-20(26)29-17)8-10-19-23(3)11-6-12-24(4)21(23)18(30-22(24)27)14-25(19,5)28/h7,13,17-19,21,28H,6,8-12,14H2,1-5H3. The predicted molar refractivity (Wildman–Crippen MR) is 113 cm³/mol. The Kier molecular flexibility index (Phi) is 5.20. The van der Waals surface area contributed by atoms with E-state index in [9.17, 15) is 14.7 Å². The van der Waals surface area contributed by atoms with Crippen LogP contribution in [0, 0.1) is 22.7 Å². The van der Waals surface area contributed by atoms with Crippen LogP contribution in [0.4, 0.5) is 0 Å². The van der Waals surface area contributed by atoms with E-state index in [1.165, 1.54) is 5.57 Å². The number of ether oxygens (including phenoxy) is 2. The Morgan fingerprint density at radius 3 is 2.63 bits per heavy atom. The van der Waals surface area contributed by atoms with E-state index < -0.39 is 11.0 Å². The van der Waals surface area contributed by atoms with Crippen molar-refractivity contribution in [1.82, 2.24) is 0 Å². The van der Waals surface area contributed by atoms with E-state index in [2.05, 4.69) is 26.8 Å². The molecule has 4 aliphatic rings. The maximum absolute atomic E-state index is 12.7. The van der Waals surface area contributed by atoms with Crippen LogP contribution in [-0.4, -0.2) is 34.9 Å². The molecule has 5 heteroatoms. The summed E-state index contributed by atoms with van der Waals surface area (Å²) in [6.45, 7) is 10.3. The lowest BCUT2D eigenvalue weighted by Crippen LogP contribution is -2.61. The number of carbonyl (C=O) groups is 2. The van der Waals surface area contributed by atoms with Crippen LogP contribution in [0.25, 0.3) is 0 Å². The highest BCUT2D eigenvalue weighted by Crippen LogP contribution is 2.66. The summed E-state index contributed by atoms with van der Waals surface area (Å²) in [7, 11) is 0. The van der Waals surface area contributed by atoms with Crippen molar-refractivity contribution >= 4 is 11.9 Å². The summed E-state index contributed by atoms with van der Waals surface area (Å²) < 4.78 is 11.1. The average Bonchev–Trinajstić information content (AvgIpc) is 3.08. The zero-order valence-corrected chi connectivity index (χ0v) is 19.0. The maximum atomic E-state index is 12.7. The molecule has 2 aliphatic carbocycles. The first kappa shape index (κ1) is 21.6. The molecule has 2 aliphatic heterocycles. The first-order valence-electron chi connectivity index (χ1n) is 11.5. The lowest BCUT2D eigenvalue weighted by atomic mass is 9.45. The molecule has 0 aromatic rings. The van der Waals surface area contributed by atoms with E-state index in [1.807, 2.05) is 13.8 Å². The van der Waals surface area contributed by atoms with Gasteiger partial charge in [-0.15, -0.1) is 0 Å². The number of aliphatic hydroxyl groups is 1. The Morgan fingerprint density at radius 2 is 1.97 bits per heavy atom. The van der Waals surface area contributed by atoms with Crippen LogP contribution in [-0.2, 0) is 19.1 Å². The van der Waals surface area contributed by atoms with Gasteiger partial charge in [0.1, 0.15) is 12.2 Å². The summed E-state index contributed by atoms with van der Waals surface area (Å²) in [4.78, 5) is 24.1. The quantitative estimate of drug-likeness (QED) is 0.528. The van der Waals surface area contributed by atoms with Gasteiger partial charge in [0.2, 0.25) is 0 Å². The molecule has 7 unspecified atom stereocenters. The van der Waals surface area contributed by atoms with Crippen molar-refractivity contribution in [2.75, 3.05) is 0 Å². The third kappa shape index (κ3) is 3.34. The van der Waals surface area contributed by atoms with E-state index in [4.69, 9.17) is 9.47 Å². The Hall–Kier alpha value is -1.62. The molecule has 3 fully saturated rings. The monoisotopic (exact) mass is 416 g/mol. The summed E-state index contributed by atoms with van der Waals surface area (Å²) in [5.41, 5.74) is 0.869. The van der Waals surface area contributed by atoms with Gasteiger partial charge in [0.05, 0.1) is 11.0 Å². The second kappa shape index (κ2) is 7.22.